The fourth-order valence-electron chi connectivity index (χ4n) is 3.08. The third-order valence-corrected chi connectivity index (χ3v) is 4.31. The van der Waals surface area contributed by atoms with E-state index in [4.69, 9.17) is 5.73 Å². The lowest BCUT2D eigenvalue weighted by atomic mass is 9.83. The van der Waals surface area contributed by atoms with Crippen LogP contribution >= 0.6 is 0 Å². The molecule has 0 saturated heterocycles. The quantitative estimate of drug-likeness (QED) is 0.834. The molecule has 0 radical (unpaired) electrons. The Hall–Kier alpha value is -1.65. The Bertz CT molecular complexity index is 513. The Morgan fingerprint density at radius 2 is 1.95 bits per heavy atom. The van der Waals surface area contributed by atoms with Crippen molar-refractivity contribution < 1.29 is 13.6 Å². The maximum atomic E-state index is 13.7. The molecule has 116 valence electrons. The van der Waals surface area contributed by atoms with Gasteiger partial charge in [-0.1, -0.05) is 26.2 Å². The standard InChI is InChI=1S/C16H22F2N2O/c1-2-15(10-6-4-3-5-7-10)20-16(21)11-8-14(19)13(18)9-12(11)17/h8-10,15H,2-7,19H2,1H3,(H,20,21). The monoisotopic (exact) mass is 296 g/mol. The second-order valence-electron chi connectivity index (χ2n) is 5.74. The average Bonchev–Trinajstić information content (AvgIpc) is 2.49. The summed E-state index contributed by atoms with van der Waals surface area (Å²) < 4.78 is 26.9. The molecule has 1 fully saturated rings. The molecule has 1 atom stereocenters. The molecular weight excluding hydrogens is 274 g/mol. The molecule has 21 heavy (non-hydrogen) atoms. The topological polar surface area (TPSA) is 55.1 Å². The number of carbonyl (C=O) groups is 1. The van der Waals surface area contributed by atoms with Crippen molar-refractivity contribution in [2.24, 2.45) is 5.92 Å². The highest BCUT2D eigenvalue weighted by Crippen LogP contribution is 2.28. The Morgan fingerprint density at radius 1 is 1.29 bits per heavy atom. The van der Waals surface area contributed by atoms with E-state index in [1.54, 1.807) is 0 Å². The van der Waals surface area contributed by atoms with E-state index in [2.05, 4.69) is 5.32 Å². The van der Waals surface area contributed by atoms with E-state index in [0.717, 1.165) is 25.3 Å². The lowest BCUT2D eigenvalue weighted by Crippen LogP contribution is -2.41. The van der Waals surface area contributed by atoms with Crippen molar-refractivity contribution in [3.63, 3.8) is 0 Å². The van der Waals surface area contributed by atoms with Crippen LogP contribution in [0.1, 0.15) is 55.8 Å². The fourth-order valence-corrected chi connectivity index (χ4v) is 3.08. The maximum absolute atomic E-state index is 13.7. The third-order valence-electron chi connectivity index (χ3n) is 4.31. The van der Waals surface area contributed by atoms with Gasteiger partial charge in [0.2, 0.25) is 0 Å². The summed E-state index contributed by atoms with van der Waals surface area (Å²) in [6, 6.07) is 1.75. The first-order valence-corrected chi connectivity index (χ1v) is 7.58. The number of carbonyl (C=O) groups excluding carboxylic acids is 1. The van der Waals surface area contributed by atoms with Crippen LogP contribution in [0.15, 0.2) is 12.1 Å². The van der Waals surface area contributed by atoms with Crippen molar-refractivity contribution in [2.45, 2.75) is 51.5 Å². The summed E-state index contributed by atoms with van der Waals surface area (Å²) in [5, 5.41) is 2.88. The predicted molar refractivity (Wildman–Crippen MR) is 78.9 cm³/mol. The molecule has 1 aromatic rings. The van der Waals surface area contributed by atoms with Gasteiger partial charge in [0.25, 0.3) is 5.91 Å². The molecule has 3 N–H and O–H groups in total. The predicted octanol–water partition coefficient (Wildman–Crippen LogP) is 3.64. The highest BCUT2D eigenvalue weighted by molar-refractivity contribution is 5.95. The average molecular weight is 296 g/mol. The number of nitrogens with one attached hydrogen (secondary N) is 1. The second kappa shape index (κ2) is 6.87. The zero-order chi connectivity index (χ0) is 15.4. The molecule has 3 nitrogen and oxygen atoms in total. The maximum Gasteiger partial charge on any atom is 0.254 e. The minimum Gasteiger partial charge on any atom is -0.396 e. The van der Waals surface area contributed by atoms with Gasteiger partial charge in [0.05, 0.1) is 11.3 Å². The van der Waals surface area contributed by atoms with E-state index in [9.17, 15) is 13.6 Å². The van der Waals surface area contributed by atoms with Crippen molar-refractivity contribution in [3.05, 3.63) is 29.3 Å². The van der Waals surface area contributed by atoms with Crippen molar-refractivity contribution >= 4 is 11.6 Å². The number of nitrogens with two attached hydrogens (primary N) is 1. The van der Waals surface area contributed by atoms with Crippen LogP contribution in [-0.4, -0.2) is 11.9 Å². The van der Waals surface area contributed by atoms with Gasteiger partial charge in [0.1, 0.15) is 11.6 Å². The number of amides is 1. The summed E-state index contributed by atoms with van der Waals surface area (Å²) >= 11 is 0. The Kier molecular flexibility index (Phi) is 5.15. The zero-order valence-corrected chi connectivity index (χ0v) is 12.3. The first-order valence-electron chi connectivity index (χ1n) is 7.58. The summed E-state index contributed by atoms with van der Waals surface area (Å²) in [7, 11) is 0. The number of anilines is 1. The van der Waals surface area contributed by atoms with Crippen LogP contribution in [0, 0.1) is 17.6 Å². The molecule has 0 spiro atoms. The van der Waals surface area contributed by atoms with Crippen LogP contribution in [0.2, 0.25) is 0 Å². The Balaban J connectivity index is 2.10. The van der Waals surface area contributed by atoms with Crippen LogP contribution in [-0.2, 0) is 0 Å². The van der Waals surface area contributed by atoms with Gasteiger partial charge < -0.3 is 11.1 Å². The number of nitrogen functional groups attached to an aromatic ring is 1. The molecule has 0 aliphatic heterocycles. The van der Waals surface area contributed by atoms with Gasteiger partial charge in [-0.2, -0.15) is 0 Å². The van der Waals surface area contributed by atoms with Crippen LogP contribution in [0.3, 0.4) is 0 Å². The van der Waals surface area contributed by atoms with Crippen LogP contribution in [0.25, 0.3) is 0 Å². The number of hydrogen-bond donors (Lipinski definition) is 2. The van der Waals surface area contributed by atoms with E-state index in [1.807, 2.05) is 6.92 Å². The van der Waals surface area contributed by atoms with Gasteiger partial charge in [0, 0.05) is 12.1 Å². The van der Waals surface area contributed by atoms with Crippen molar-refractivity contribution in [3.8, 4) is 0 Å². The molecule has 0 aromatic heterocycles. The van der Waals surface area contributed by atoms with Gasteiger partial charge in [-0.15, -0.1) is 0 Å². The fraction of sp³-hybridized carbons (Fsp3) is 0.562. The minimum absolute atomic E-state index is 0.0310. The normalized spacial score (nSPS) is 17.5. The third kappa shape index (κ3) is 3.71. The molecule has 1 unspecified atom stereocenters. The van der Waals surface area contributed by atoms with Gasteiger partial charge in [-0.05, 0) is 31.2 Å². The molecule has 0 bridgehead atoms. The van der Waals surface area contributed by atoms with Crippen molar-refractivity contribution in [1.82, 2.24) is 5.32 Å². The Labute approximate surface area is 123 Å². The van der Waals surface area contributed by atoms with E-state index in [0.29, 0.717) is 12.0 Å². The van der Waals surface area contributed by atoms with Crippen LogP contribution < -0.4 is 11.1 Å². The first kappa shape index (κ1) is 15.7. The molecule has 1 amide bonds. The lowest BCUT2D eigenvalue weighted by molar-refractivity contribution is 0.0907. The minimum atomic E-state index is -0.877. The number of halogens is 2. The number of rotatable bonds is 4. The SMILES string of the molecule is CCC(NC(=O)c1cc(N)c(F)cc1F)C1CCCCC1. The van der Waals surface area contributed by atoms with Gasteiger partial charge >= 0.3 is 0 Å². The number of hydrogen-bond acceptors (Lipinski definition) is 2. The van der Waals surface area contributed by atoms with E-state index >= 15 is 0 Å². The highest BCUT2D eigenvalue weighted by atomic mass is 19.1. The molecule has 0 heterocycles. The molecule has 1 aliphatic rings. The Morgan fingerprint density at radius 3 is 2.57 bits per heavy atom. The summed E-state index contributed by atoms with van der Waals surface area (Å²) in [6.07, 6.45) is 6.57. The largest absolute Gasteiger partial charge is 0.396 e. The lowest BCUT2D eigenvalue weighted by Gasteiger charge is -2.30. The zero-order valence-electron chi connectivity index (χ0n) is 12.3. The molecule has 1 aliphatic carbocycles. The van der Waals surface area contributed by atoms with Gasteiger partial charge in [0.15, 0.2) is 0 Å². The molecule has 2 rings (SSSR count). The summed E-state index contributed by atoms with van der Waals surface area (Å²) in [4.78, 5) is 12.2. The van der Waals surface area contributed by atoms with Gasteiger partial charge in [-0.3, -0.25) is 4.79 Å². The summed E-state index contributed by atoms with van der Waals surface area (Å²) in [5.74, 6) is -1.80. The smallest absolute Gasteiger partial charge is 0.254 e. The second-order valence-corrected chi connectivity index (χ2v) is 5.74. The van der Waals surface area contributed by atoms with Crippen LogP contribution in [0.4, 0.5) is 14.5 Å². The molecule has 5 heteroatoms. The van der Waals surface area contributed by atoms with E-state index in [1.165, 1.54) is 19.3 Å². The highest BCUT2D eigenvalue weighted by Gasteiger charge is 2.25. The van der Waals surface area contributed by atoms with Crippen molar-refractivity contribution in [2.75, 3.05) is 5.73 Å². The first-order chi connectivity index (χ1) is 10.0. The van der Waals surface area contributed by atoms with E-state index < -0.39 is 17.5 Å². The summed E-state index contributed by atoms with van der Waals surface area (Å²) in [6.45, 7) is 2.01. The molecule has 1 saturated carbocycles. The van der Waals surface area contributed by atoms with Crippen LogP contribution in [0.5, 0.6) is 0 Å². The van der Waals surface area contributed by atoms with E-state index in [-0.39, 0.29) is 17.3 Å². The summed E-state index contributed by atoms with van der Waals surface area (Å²) in [5.41, 5.74) is 5.00. The number of benzene rings is 1. The van der Waals surface area contributed by atoms with Gasteiger partial charge in [-0.25, -0.2) is 8.78 Å². The molecule has 1 aromatic carbocycles. The molecular formula is C16H22F2N2O. The van der Waals surface area contributed by atoms with Crippen molar-refractivity contribution in [1.29, 1.82) is 0 Å².